The largest absolute Gasteiger partial charge is 0.383 e. The Balaban J connectivity index is 3.12. The molecule has 3 N–H and O–H groups in total. The fourth-order valence-electron chi connectivity index (χ4n) is 2.37. The van der Waals surface area contributed by atoms with E-state index >= 15 is 0 Å². The minimum atomic E-state index is -0.542. The van der Waals surface area contributed by atoms with Crippen molar-refractivity contribution < 1.29 is 13.9 Å². The summed E-state index contributed by atoms with van der Waals surface area (Å²) in [6.45, 7) is 4.94. The van der Waals surface area contributed by atoms with Crippen LogP contribution in [-0.2, 0) is 4.74 Å². The molecule has 0 aromatic heterocycles. The Hall–Kier alpha value is -1.66. The maximum absolute atomic E-state index is 13.8. The van der Waals surface area contributed by atoms with Crippen LogP contribution in [-0.4, -0.2) is 37.1 Å². The van der Waals surface area contributed by atoms with Crippen molar-refractivity contribution in [2.45, 2.75) is 32.7 Å². The number of amides is 1. The van der Waals surface area contributed by atoms with Gasteiger partial charge in [-0.2, -0.15) is 0 Å². The van der Waals surface area contributed by atoms with Gasteiger partial charge in [-0.15, -0.1) is 0 Å². The predicted octanol–water partition coefficient (Wildman–Crippen LogP) is 2.39. The van der Waals surface area contributed by atoms with Crippen molar-refractivity contribution in [3.63, 3.8) is 0 Å². The summed E-state index contributed by atoms with van der Waals surface area (Å²) in [5.74, 6) is 4.56. The summed E-state index contributed by atoms with van der Waals surface area (Å²) >= 11 is 0. The van der Waals surface area contributed by atoms with E-state index in [1.807, 2.05) is 13.8 Å². The third-order valence-corrected chi connectivity index (χ3v) is 3.57. The third-order valence-electron chi connectivity index (χ3n) is 3.57. The minimum Gasteiger partial charge on any atom is -0.383 e. The van der Waals surface area contributed by atoms with Crippen molar-refractivity contribution in [1.82, 2.24) is 4.90 Å². The quantitative estimate of drug-likeness (QED) is 0.571. The number of halogens is 1. The number of nitrogens with one attached hydrogen (secondary N) is 1. The lowest BCUT2D eigenvalue weighted by molar-refractivity contribution is 0.0590. The topological polar surface area (TPSA) is 67.6 Å². The summed E-state index contributed by atoms with van der Waals surface area (Å²) in [6, 6.07) is 4.43. The lowest BCUT2D eigenvalue weighted by Gasteiger charge is -2.31. The highest BCUT2D eigenvalue weighted by molar-refractivity contribution is 5.99. The van der Waals surface area contributed by atoms with Gasteiger partial charge in [0, 0.05) is 19.7 Å². The molecule has 118 valence electrons. The summed E-state index contributed by atoms with van der Waals surface area (Å²) in [7, 11) is 1.59. The monoisotopic (exact) mass is 297 g/mol. The van der Waals surface area contributed by atoms with Crippen LogP contribution in [0.2, 0.25) is 0 Å². The van der Waals surface area contributed by atoms with Crippen LogP contribution in [0.4, 0.5) is 10.1 Å². The molecule has 0 atom stereocenters. The van der Waals surface area contributed by atoms with Crippen LogP contribution in [0, 0.1) is 5.82 Å². The van der Waals surface area contributed by atoms with Crippen molar-refractivity contribution in [1.29, 1.82) is 0 Å². The number of hydrogen-bond donors (Lipinski definition) is 2. The van der Waals surface area contributed by atoms with E-state index in [2.05, 4.69) is 5.43 Å². The fraction of sp³-hybridized carbons (Fsp3) is 0.533. The molecule has 0 spiro atoms. The molecule has 0 saturated carbocycles. The number of carbonyl (C=O) groups is 1. The first-order valence-electron chi connectivity index (χ1n) is 7.15. The highest BCUT2D eigenvalue weighted by Gasteiger charge is 2.25. The predicted molar refractivity (Wildman–Crippen MR) is 81.5 cm³/mol. The lowest BCUT2D eigenvalue weighted by Crippen LogP contribution is -2.42. The molecule has 0 unspecified atom stereocenters. The van der Waals surface area contributed by atoms with Gasteiger partial charge < -0.3 is 15.1 Å². The van der Waals surface area contributed by atoms with Crippen LogP contribution < -0.4 is 11.3 Å². The summed E-state index contributed by atoms with van der Waals surface area (Å²) in [6.07, 6.45) is 1.65. The zero-order valence-corrected chi connectivity index (χ0v) is 12.9. The lowest BCUT2D eigenvalue weighted by atomic mass is 10.1. The van der Waals surface area contributed by atoms with Crippen LogP contribution in [0.3, 0.4) is 0 Å². The summed E-state index contributed by atoms with van der Waals surface area (Å²) < 4.78 is 18.8. The average molecular weight is 297 g/mol. The summed E-state index contributed by atoms with van der Waals surface area (Å²) in [5, 5.41) is 0. The van der Waals surface area contributed by atoms with Gasteiger partial charge in [0.2, 0.25) is 0 Å². The van der Waals surface area contributed by atoms with Gasteiger partial charge in [0.25, 0.3) is 5.91 Å². The number of methoxy groups -OCH3 is 1. The molecule has 6 heteroatoms. The SMILES string of the molecule is CCC(CC)N(CCOC)C(=O)c1cccc(F)c1NN. The smallest absolute Gasteiger partial charge is 0.256 e. The number of ether oxygens (including phenoxy) is 1. The molecule has 0 saturated heterocycles. The number of nitrogen functional groups attached to an aromatic ring is 1. The van der Waals surface area contributed by atoms with Crippen LogP contribution in [0.15, 0.2) is 18.2 Å². The molecule has 0 fully saturated rings. The molecule has 5 nitrogen and oxygen atoms in total. The van der Waals surface area contributed by atoms with Gasteiger partial charge in [0.1, 0.15) is 5.82 Å². The number of hydrazine groups is 1. The maximum Gasteiger partial charge on any atom is 0.256 e. The van der Waals surface area contributed by atoms with E-state index in [-0.39, 0.29) is 23.2 Å². The van der Waals surface area contributed by atoms with E-state index < -0.39 is 5.82 Å². The van der Waals surface area contributed by atoms with Crippen LogP contribution in [0.5, 0.6) is 0 Å². The van der Waals surface area contributed by atoms with Crippen molar-refractivity contribution in [2.75, 3.05) is 25.7 Å². The van der Waals surface area contributed by atoms with Crippen molar-refractivity contribution in [2.24, 2.45) is 5.84 Å². The first-order chi connectivity index (χ1) is 10.1. The Bertz CT molecular complexity index is 464. The Kier molecular flexibility index (Phi) is 7.11. The van der Waals surface area contributed by atoms with Gasteiger partial charge in [-0.25, -0.2) is 4.39 Å². The summed E-state index contributed by atoms with van der Waals surface area (Å²) in [4.78, 5) is 14.5. The van der Waals surface area contributed by atoms with E-state index in [4.69, 9.17) is 10.6 Å². The molecule has 0 aliphatic heterocycles. The Labute approximate surface area is 125 Å². The van der Waals surface area contributed by atoms with Crippen molar-refractivity contribution >= 4 is 11.6 Å². The second-order valence-electron chi connectivity index (χ2n) is 4.77. The molecule has 21 heavy (non-hydrogen) atoms. The molecule has 1 aromatic rings. The van der Waals surface area contributed by atoms with E-state index in [0.29, 0.717) is 13.2 Å². The highest BCUT2D eigenvalue weighted by Crippen LogP contribution is 2.22. The molecule has 0 bridgehead atoms. The molecule has 0 heterocycles. The molecule has 1 aromatic carbocycles. The number of nitrogens with zero attached hydrogens (tertiary/aromatic N) is 1. The van der Waals surface area contributed by atoms with Gasteiger partial charge in [-0.1, -0.05) is 19.9 Å². The van der Waals surface area contributed by atoms with Crippen molar-refractivity contribution in [3.8, 4) is 0 Å². The van der Waals surface area contributed by atoms with Crippen molar-refractivity contribution in [3.05, 3.63) is 29.6 Å². The van der Waals surface area contributed by atoms with Gasteiger partial charge in [-0.05, 0) is 25.0 Å². The van der Waals surface area contributed by atoms with Gasteiger partial charge in [0.05, 0.1) is 17.9 Å². The van der Waals surface area contributed by atoms with E-state index in [9.17, 15) is 9.18 Å². The molecular formula is C15H24FN3O2. The number of benzene rings is 1. The standard InChI is InChI=1S/C15H24FN3O2/c1-4-11(5-2)19(9-10-21-3)15(20)12-7-6-8-13(16)14(12)18-17/h6-8,11,18H,4-5,9-10,17H2,1-3H3. The number of rotatable bonds is 8. The Morgan fingerprint density at radius 1 is 1.43 bits per heavy atom. The number of hydrogen-bond acceptors (Lipinski definition) is 4. The zero-order chi connectivity index (χ0) is 15.8. The second kappa shape index (κ2) is 8.59. The fourth-order valence-corrected chi connectivity index (χ4v) is 2.37. The molecule has 1 amide bonds. The maximum atomic E-state index is 13.8. The van der Waals surface area contributed by atoms with E-state index in [1.165, 1.54) is 12.1 Å². The molecule has 0 aliphatic rings. The van der Waals surface area contributed by atoms with Crippen LogP contribution >= 0.6 is 0 Å². The highest BCUT2D eigenvalue weighted by atomic mass is 19.1. The normalized spacial score (nSPS) is 10.8. The Morgan fingerprint density at radius 3 is 2.62 bits per heavy atom. The van der Waals surface area contributed by atoms with Crippen LogP contribution in [0.25, 0.3) is 0 Å². The van der Waals surface area contributed by atoms with Crippen LogP contribution in [0.1, 0.15) is 37.0 Å². The van der Waals surface area contributed by atoms with Gasteiger partial charge in [0.15, 0.2) is 0 Å². The van der Waals surface area contributed by atoms with E-state index in [0.717, 1.165) is 12.8 Å². The third kappa shape index (κ3) is 4.15. The first kappa shape index (κ1) is 17.4. The molecule has 0 radical (unpaired) electrons. The average Bonchev–Trinajstić information content (AvgIpc) is 2.50. The number of anilines is 1. The number of para-hydroxylation sites is 1. The minimum absolute atomic E-state index is 0.0240. The van der Waals surface area contributed by atoms with Gasteiger partial charge >= 0.3 is 0 Å². The summed E-state index contributed by atoms with van der Waals surface area (Å²) in [5.41, 5.74) is 2.54. The number of nitrogens with two attached hydrogens (primary N) is 1. The van der Waals surface area contributed by atoms with Gasteiger partial charge in [-0.3, -0.25) is 10.6 Å². The zero-order valence-electron chi connectivity index (χ0n) is 12.9. The second-order valence-corrected chi connectivity index (χ2v) is 4.77. The Morgan fingerprint density at radius 2 is 2.10 bits per heavy atom. The first-order valence-corrected chi connectivity index (χ1v) is 7.15. The molecular weight excluding hydrogens is 273 g/mol. The number of carbonyl (C=O) groups excluding carboxylic acids is 1. The molecule has 1 rings (SSSR count). The van der Waals surface area contributed by atoms with E-state index in [1.54, 1.807) is 18.1 Å². The molecule has 0 aliphatic carbocycles.